The van der Waals surface area contributed by atoms with Crippen LogP contribution in [0.25, 0.3) is 0 Å². The van der Waals surface area contributed by atoms with E-state index in [0.29, 0.717) is 40.6 Å². The van der Waals surface area contributed by atoms with Gasteiger partial charge in [-0.05, 0) is 42.2 Å². The van der Waals surface area contributed by atoms with Crippen LogP contribution in [0.3, 0.4) is 0 Å². The first kappa shape index (κ1) is 18.8. The van der Waals surface area contributed by atoms with E-state index >= 15 is 0 Å². The van der Waals surface area contributed by atoms with Crippen molar-refractivity contribution in [1.82, 2.24) is 0 Å². The van der Waals surface area contributed by atoms with E-state index < -0.39 is 0 Å². The number of hydrogen-bond acceptors (Lipinski definition) is 4. The van der Waals surface area contributed by atoms with Gasteiger partial charge in [0.05, 0.1) is 30.0 Å². The van der Waals surface area contributed by atoms with Crippen molar-refractivity contribution in [3.63, 3.8) is 0 Å². The van der Waals surface area contributed by atoms with E-state index in [1.54, 1.807) is 42.5 Å². The van der Waals surface area contributed by atoms with E-state index in [0.717, 1.165) is 5.70 Å². The van der Waals surface area contributed by atoms with Gasteiger partial charge in [0.2, 0.25) is 5.91 Å². The smallest absolute Gasteiger partial charge is 0.232 e. The molecule has 28 heavy (non-hydrogen) atoms. The van der Waals surface area contributed by atoms with Gasteiger partial charge in [-0.25, -0.2) is 0 Å². The number of furan rings is 1. The van der Waals surface area contributed by atoms with E-state index in [1.165, 1.54) is 0 Å². The van der Waals surface area contributed by atoms with Gasteiger partial charge in [-0.1, -0.05) is 25.4 Å². The first-order chi connectivity index (χ1) is 13.3. The molecule has 2 heterocycles. The van der Waals surface area contributed by atoms with Crippen molar-refractivity contribution in [2.24, 2.45) is 5.41 Å². The van der Waals surface area contributed by atoms with Gasteiger partial charge in [0.1, 0.15) is 11.5 Å². The monoisotopic (exact) mass is 399 g/mol. The first-order valence-corrected chi connectivity index (χ1v) is 9.64. The number of amides is 1. The molecule has 0 spiro atoms. The molecule has 1 aliphatic carbocycles. The van der Waals surface area contributed by atoms with Gasteiger partial charge in [0, 0.05) is 24.1 Å². The lowest BCUT2D eigenvalue weighted by Crippen LogP contribution is -2.43. The number of carbonyl (C=O) groups is 2. The average Bonchev–Trinajstić information content (AvgIpc) is 3.14. The van der Waals surface area contributed by atoms with Gasteiger partial charge in [-0.2, -0.15) is 0 Å². The predicted molar refractivity (Wildman–Crippen MR) is 107 cm³/mol. The number of Topliss-reactive ketones (excluding diaryl/α,β-unsaturated/α-hetero) is 1. The van der Waals surface area contributed by atoms with Crippen LogP contribution in [-0.2, 0) is 9.59 Å². The number of ketones is 1. The molecular weight excluding hydrogens is 378 g/mol. The standard InChI is InChI=1S/C22H22ClNO4/c1-22(2)11-16-21(17(25)12-22)14(18-5-4-8-28-18)10-20(26)24(16)13-6-7-19(27-3)15(23)9-13/h4-9,14H,10-12H2,1-3H3. The predicted octanol–water partition coefficient (Wildman–Crippen LogP) is 5.11. The van der Waals surface area contributed by atoms with Crippen molar-refractivity contribution >= 4 is 29.0 Å². The highest BCUT2D eigenvalue weighted by Gasteiger charge is 2.45. The summed E-state index contributed by atoms with van der Waals surface area (Å²) in [4.78, 5) is 28.0. The van der Waals surface area contributed by atoms with E-state index in [2.05, 4.69) is 13.8 Å². The van der Waals surface area contributed by atoms with Crippen molar-refractivity contribution in [3.8, 4) is 5.75 Å². The molecule has 1 aromatic carbocycles. The van der Waals surface area contributed by atoms with Crippen LogP contribution in [0, 0.1) is 5.41 Å². The summed E-state index contributed by atoms with van der Waals surface area (Å²) in [6.45, 7) is 4.10. The molecule has 2 aliphatic rings. The topological polar surface area (TPSA) is 59.8 Å². The number of methoxy groups -OCH3 is 1. The number of allylic oxidation sites excluding steroid dienone is 2. The molecule has 0 N–H and O–H groups in total. The molecular formula is C22H22ClNO4. The Bertz CT molecular complexity index is 974. The molecule has 2 aromatic rings. The van der Waals surface area contributed by atoms with Crippen LogP contribution in [0.15, 0.2) is 52.3 Å². The first-order valence-electron chi connectivity index (χ1n) is 9.27. The number of hydrogen-bond donors (Lipinski definition) is 0. The van der Waals surface area contributed by atoms with Crippen molar-refractivity contribution in [2.45, 2.75) is 39.0 Å². The zero-order valence-electron chi connectivity index (χ0n) is 16.1. The highest BCUT2D eigenvalue weighted by Crippen LogP contribution is 2.48. The Hall–Kier alpha value is -2.53. The number of ether oxygens (including phenoxy) is 1. The number of carbonyl (C=O) groups excluding carboxylic acids is 2. The lowest BCUT2D eigenvalue weighted by atomic mass is 9.70. The minimum atomic E-state index is -0.342. The Morgan fingerprint density at radius 2 is 2.00 bits per heavy atom. The molecule has 0 bridgehead atoms. The fourth-order valence-electron chi connectivity index (χ4n) is 4.24. The summed E-state index contributed by atoms with van der Waals surface area (Å²) in [5, 5.41) is 0.421. The molecule has 1 atom stereocenters. The normalized spacial score (nSPS) is 21.7. The number of benzene rings is 1. The maximum Gasteiger partial charge on any atom is 0.232 e. The van der Waals surface area contributed by atoms with Crippen LogP contribution < -0.4 is 9.64 Å². The second-order valence-electron chi connectivity index (χ2n) is 8.12. The van der Waals surface area contributed by atoms with Crippen LogP contribution in [0.4, 0.5) is 5.69 Å². The molecule has 1 amide bonds. The summed E-state index contributed by atoms with van der Waals surface area (Å²) in [6.07, 6.45) is 2.84. The second kappa shape index (κ2) is 6.82. The summed E-state index contributed by atoms with van der Waals surface area (Å²) in [5.41, 5.74) is 1.85. The minimum absolute atomic E-state index is 0.0739. The Morgan fingerprint density at radius 3 is 2.64 bits per heavy atom. The SMILES string of the molecule is COc1ccc(N2C(=O)CC(c3ccco3)C3=C2CC(C)(C)CC3=O)cc1Cl. The maximum absolute atomic E-state index is 13.2. The number of nitrogens with zero attached hydrogens (tertiary/aromatic N) is 1. The van der Waals surface area contributed by atoms with Crippen molar-refractivity contribution in [1.29, 1.82) is 0 Å². The van der Waals surface area contributed by atoms with Crippen LogP contribution in [0.1, 0.15) is 44.8 Å². The molecule has 1 aromatic heterocycles. The lowest BCUT2D eigenvalue weighted by molar-refractivity contribution is -0.121. The minimum Gasteiger partial charge on any atom is -0.495 e. The molecule has 5 nitrogen and oxygen atoms in total. The van der Waals surface area contributed by atoms with E-state index in [1.807, 2.05) is 6.07 Å². The van der Waals surface area contributed by atoms with Crippen molar-refractivity contribution in [2.75, 3.05) is 12.0 Å². The van der Waals surface area contributed by atoms with Crippen molar-refractivity contribution < 1.29 is 18.7 Å². The van der Waals surface area contributed by atoms with Crippen LogP contribution in [0.5, 0.6) is 5.75 Å². The summed E-state index contributed by atoms with van der Waals surface area (Å²) in [7, 11) is 1.55. The van der Waals surface area contributed by atoms with E-state index in [-0.39, 0.29) is 29.4 Å². The fraction of sp³-hybridized carbons (Fsp3) is 0.364. The molecule has 1 aliphatic heterocycles. The van der Waals surface area contributed by atoms with Gasteiger partial charge in [-0.3, -0.25) is 14.5 Å². The average molecular weight is 400 g/mol. The molecule has 4 rings (SSSR count). The number of halogens is 1. The van der Waals surface area contributed by atoms with Crippen LogP contribution >= 0.6 is 11.6 Å². The van der Waals surface area contributed by atoms with Crippen LogP contribution in [0.2, 0.25) is 5.02 Å². The van der Waals surface area contributed by atoms with Gasteiger partial charge in [-0.15, -0.1) is 0 Å². The van der Waals surface area contributed by atoms with Crippen molar-refractivity contribution in [3.05, 3.63) is 58.6 Å². The molecule has 1 unspecified atom stereocenters. The largest absolute Gasteiger partial charge is 0.495 e. The summed E-state index contributed by atoms with van der Waals surface area (Å²) in [6, 6.07) is 8.86. The zero-order chi connectivity index (χ0) is 20.1. The Labute approximate surface area is 168 Å². The molecule has 0 fully saturated rings. The Morgan fingerprint density at radius 1 is 1.21 bits per heavy atom. The lowest BCUT2D eigenvalue weighted by Gasteiger charge is -2.42. The molecule has 6 heteroatoms. The third-order valence-electron chi connectivity index (χ3n) is 5.42. The van der Waals surface area contributed by atoms with Gasteiger partial charge in [0.15, 0.2) is 5.78 Å². The molecule has 146 valence electrons. The quantitative estimate of drug-likeness (QED) is 0.719. The summed E-state index contributed by atoms with van der Waals surface area (Å²) in [5.74, 6) is 0.849. The molecule has 0 saturated heterocycles. The summed E-state index contributed by atoms with van der Waals surface area (Å²) < 4.78 is 10.8. The van der Waals surface area contributed by atoms with Gasteiger partial charge in [0.25, 0.3) is 0 Å². The molecule has 0 saturated carbocycles. The van der Waals surface area contributed by atoms with Gasteiger partial charge < -0.3 is 9.15 Å². The van der Waals surface area contributed by atoms with Crippen LogP contribution in [-0.4, -0.2) is 18.8 Å². The third kappa shape index (κ3) is 3.14. The third-order valence-corrected chi connectivity index (χ3v) is 5.72. The highest BCUT2D eigenvalue weighted by atomic mass is 35.5. The number of anilines is 1. The van der Waals surface area contributed by atoms with E-state index in [9.17, 15) is 9.59 Å². The second-order valence-corrected chi connectivity index (χ2v) is 8.53. The zero-order valence-corrected chi connectivity index (χ0v) is 16.9. The number of rotatable bonds is 3. The summed E-state index contributed by atoms with van der Waals surface area (Å²) >= 11 is 6.31. The Balaban J connectivity index is 1.88. The fourth-order valence-corrected chi connectivity index (χ4v) is 4.49. The molecule has 0 radical (unpaired) electrons. The highest BCUT2D eigenvalue weighted by molar-refractivity contribution is 6.32. The van der Waals surface area contributed by atoms with E-state index in [4.69, 9.17) is 20.8 Å². The van der Waals surface area contributed by atoms with Gasteiger partial charge >= 0.3 is 0 Å². The maximum atomic E-state index is 13.2. The Kier molecular flexibility index (Phi) is 4.58.